The van der Waals surface area contributed by atoms with E-state index in [2.05, 4.69) is 34.4 Å². The average molecular weight is 523 g/mol. The van der Waals surface area contributed by atoms with E-state index in [1.165, 1.54) is 39.0 Å². The minimum Gasteiger partial charge on any atom is -0.357 e. The van der Waals surface area contributed by atoms with Crippen molar-refractivity contribution in [2.75, 3.05) is 72.5 Å². The van der Waals surface area contributed by atoms with Crippen LogP contribution < -0.4 is 10.6 Å². The van der Waals surface area contributed by atoms with Crippen molar-refractivity contribution >= 4 is 35.8 Å². The molecule has 2 aliphatic rings. The number of likely N-dealkylation sites (N-methyl/N-ethyl adjacent to an activating group) is 1. The number of hydrogen-bond donors (Lipinski definition) is 2. The number of likely N-dealkylation sites (tertiary alicyclic amines) is 1. The van der Waals surface area contributed by atoms with Gasteiger partial charge in [-0.3, -0.25) is 9.79 Å². The summed E-state index contributed by atoms with van der Waals surface area (Å²) in [5, 5.41) is 6.80. The minimum absolute atomic E-state index is 0. The molecule has 0 aromatic carbocycles. The SMILES string of the molecule is CCNC(=NCCCN1CCCCCC1=O)NCCCN1CCCN(C)CC1.I. The summed E-state index contributed by atoms with van der Waals surface area (Å²) in [6, 6.07) is 0. The van der Waals surface area contributed by atoms with Gasteiger partial charge in [0.1, 0.15) is 0 Å². The van der Waals surface area contributed by atoms with Crippen LogP contribution in [0.4, 0.5) is 0 Å². The largest absolute Gasteiger partial charge is 0.357 e. The van der Waals surface area contributed by atoms with Crippen molar-refractivity contribution in [3.8, 4) is 0 Å². The second-order valence-corrected chi connectivity index (χ2v) is 8.08. The summed E-state index contributed by atoms with van der Waals surface area (Å²) in [6.45, 7) is 12.4. The maximum atomic E-state index is 12.0. The highest BCUT2D eigenvalue weighted by Gasteiger charge is 2.15. The first kappa shape index (κ1) is 26.4. The number of halogens is 1. The molecule has 2 aliphatic heterocycles. The van der Waals surface area contributed by atoms with Gasteiger partial charge in [0.05, 0.1) is 0 Å². The molecule has 1 amide bonds. The van der Waals surface area contributed by atoms with Crippen LogP contribution in [0.1, 0.15) is 51.9 Å². The van der Waals surface area contributed by atoms with Crippen LogP contribution in [0.3, 0.4) is 0 Å². The fraction of sp³-hybridized carbons (Fsp3) is 0.905. The third-order valence-electron chi connectivity index (χ3n) is 5.63. The summed E-state index contributed by atoms with van der Waals surface area (Å²) in [5.74, 6) is 1.23. The molecule has 2 rings (SSSR count). The van der Waals surface area contributed by atoms with Crippen LogP contribution in [-0.4, -0.2) is 99.1 Å². The van der Waals surface area contributed by atoms with Gasteiger partial charge >= 0.3 is 0 Å². The second kappa shape index (κ2) is 16.1. The zero-order valence-corrected chi connectivity index (χ0v) is 21.0. The lowest BCUT2D eigenvalue weighted by atomic mass is 10.2. The number of carbonyl (C=O) groups is 1. The van der Waals surface area contributed by atoms with Gasteiger partial charge in [0.25, 0.3) is 0 Å². The first-order valence-corrected chi connectivity index (χ1v) is 11.4. The molecule has 0 bridgehead atoms. The third kappa shape index (κ3) is 11.4. The maximum absolute atomic E-state index is 12.0. The Labute approximate surface area is 195 Å². The molecule has 0 aliphatic carbocycles. The summed E-state index contributed by atoms with van der Waals surface area (Å²) < 4.78 is 0. The fourth-order valence-electron chi connectivity index (χ4n) is 3.90. The molecule has 2 heterocycles. The van der Waals surface area contributed by atoms with Gasteiger partial charge in [-0.2, -0.15) is 0 Å². The fourth-order valence-corrected chi connectivity index (χ4v) is 3.90. The number of aliphatic imine (C=N–C) groups is 1. The zero-order valence-electron chi connectivity index (χ0n) is 18.6. The maximum Gasteiger partial charge on any atom is 0.222 e. The number of guanidine groups is 1. The van der Waals surface area contributed by atoms with E-state index in [9.17, 15) is 4.79 Å². The van der Waals surface area contributed by atoms with Gasteiger partial charge in [-0.1, -0.05) is 6.42 Å². The van der Waals surface area contributed by atoms with Crippen molar-refractivity contribution in [2.45, 2.75) is 51.9 Å². The molecule has 0 spiro atoms. The van der Waals surface area contributed by atoms with Crippen molar-refractivity contribution in [2.24, 2.45) is 4.99 Å². The van der Waals surface area contributed by atoms with Gasteiger partial charge < -0.3 is 25.3 Å². The standard InChI is InChI=1S/C21H42N6O.HI/c1-3-22-21(23-11-7-14-26-15-9-13-25(2)18-19-26)24-12-8-17-27-16-6-4-5-10-20(27)28;/h3-19H2,1-2H3,(H2,22,23,24);1H. The van der Waals surface area contributed by atoms with E-state index in [0.29, 0.717) is 5.91 Å². The molecule has 0 aromatic rings. The van der Waals surface area contributed by atoms with E-state index in [4.69, 9.17) is 4.99 Å². The first-order valence-electron chi connectivity index (χ1n) is 11.4. The lowest BCUT2D eigenvalue weighted by Crippen LogP contribution is -2.39. The Kier molecular flexibility index (Phi) is 14.7. The highest BCUT2D eigenvalue weighted by Crippen LogP contribution is 2.11. The topological polar surface area (TPSA) is 63.2 Å². The molecule has 2 saturated heterocycles. The highest BCUT2D eigenvalue weighted by atomic mass is 127. The molecular formula is C21H43IN6O. The molecule has 0 radical (unpaired) electrons. The summed E-state index contributed by atoms with van der Waals surface area (Å²) in [7, 11) is 2.22. The highest BCUT2D eigenvalue weighted by molar-refractivity contribution is 14.0. The molecular weight excluding hydrogens is 479 g/mol. The van der Waals surface area contributed by atoms with E-state index in [1.807, 2.05) is 4.90 Å². The van der Waals surface area contributed by atoms with Gasteiger partial charge in [-0.25, -0.2) is 0 Å². The summed E-state index contributed by atoms with van der Waals surface area (Å²) in [6.07, 6.45) is 7.44. The predicted molar refractivity (Wildman–Crippen MR) is 132 cm³/mol. The molecule has 29 heavy (non-hydrogen) atoms. The molecule has 2 fully saturated rings. The third-order valence-corrected chi connectivity index (χ3v) is 5.63. The Morgan fingerprint density at radius 3 is 2.66 bits per heavy atom. The smallest absolute Gasteiger partial charge is 0.222 e. The Bertz CT molecular complexity index is 476. The van der Waals surface area contributed by atoms with Gasteiger partial charge in [0.2, 0.25) is 5.91 Å². The minimum atomic E-state index is 0. The van der Waals surface area contributed by atoms with Crippen LogP contribution in [0.2, 0.25) is 0 Å². The second-order valence-electron chi connectivity index (χ2n) is 8.08. The van der Waals surface area contributed by atoms with Gasteiger partial charge in [0, 0.05) is 52.2 Å². The number of carbonyl (C=O) groups excluding carboxylic acids is 1. The molecule has 0 unspecified atom stereocenters. The summed E-state index contributed by atoms with van der Waals surface area (Å²) >= 11 is 0. The Hall–Kier alpha value is -0.610. The number of rotatable bonds is 9. The van der Waals surface area contributed by atoms with E-state index >= 15 is 0 Å². The van der Waals surface area contributed by atoms with Crippen molar-refractivity contribution in [1.29, 1.82) is 0 Å². The van der Waals surface area contributed by atoms with Crippen LogP contribution >= 0.6 is 24.0 Å². The van der Waals surface area contributed by atoms with Gasteiger partial charge in [-0.15, -0.1) is 24.0 Å². The molecule has 8 heteroatoms. The quantitative estimate of drug-likeness (QED) is 0.210. The van der Waals surface area contributed by atoms with E-state index < -0.39 is 0 Å². The monoisotopic (exact) mass is 522 g/mol. The van der Waals surface area contributed by atoms with Crippen LogP contribution in [-0.2, 0) is 4.79 Å². The Morgan fingerprint density at radius 2 is 1.83 bits per heavy atom. The Morgan fingerprint density at radius 1 is 0.966 bits per heavy atom. The van der Waals surface area contributed by atoms with E-state index in [0.717, 1.165) is 77.3 Å². The number of nitrogens with one attached hydrogen (secondary N) is 2. The van der Waals surface area contributed by atoms with Gasteiger partial charge in [0.15, 0.2) is 5.96 Å². The predicted octanol–water partition coefficient (Wildman–Crippen LogP) is 1.98. The number of hydrogen-bond acceptors (Lipinski definition) is 4. The molecule has 170 valence electrons. The molecule has 0 aromatic heterocycles. The van der Waals surface area contributed by atoms with Crippen molar-refractivity contribution in [1.82, 2.24) is 25.3 Å². The Balaban J connectivity index is 0.00000420. The lowest BCUT2D eigenvalue weighted by Gasteiger charge is -2.21. The molecule has 2 N–H and O–H groups in total. The van der Waals surface area contributed by atoms with Crippen molar-refractivity contribution in [3.63, 3.8) is 0 Å². The molecule has 0 atom stereocenters. The normalized spacial score (nSPS) is 20.0. The number of nitrogens with zero attached hydrogens (tertiary/aromatic N) is 4. The first-order chi connectivity index (χ1) is 13.7. The number of amides is 1. The van der Waals surface area contributed by atoms with Crippen LogP contribution in [0.25, 0.3) is 0 Å². The molecule has 0 saturated carbocycles. The van der Waals surface area contributed by atoms with Crippen molar-refractivity contribution in [3.05, 3.63) is 0 Å². The van der Waals surface area contributed by atoms with Crippen LogP contribution in [0, 0.1) is 0 Å². The summed E-state index contributed by atoms with van der Waals surface area (Å²) in [4.78, 5) is 23.8. The van der Waals surface area contributed by atoms with Crippen LogP contribution in [0.5, 0.6) is 0 Å². The molecule has 7 nitrogen and oxygen atoms in total. The lowest BCUT2D eigenvalue weighted by molar-refractivity contribution is -0.130. The average Bonchev–Trinajstić information content (AvgIpc) is 3.02. The van der Waals surface area contributed by atoms with Gasteiger partial charge in [-0.05, 0) is 65.7 Å². The van der Waals surface area contributed by atoms with E-state index in [1.54, 1.807) is 0 Å². The van der Waals surface area contributed by atoms with E-state index in [-0.39, 0.29) is 24.0 Å². The zero-order chi connectivity index (χ0) is 20.0. The van der Waals surface area contributed by atoms with Crippen LogP contribution in [0.15, 0.2) is 4.99 Å². The van der Waals surface area contributed by atoms with Crippen molar-refractivity contribution < 1.29 is 4.79 Å². The summed E-state index contributed by atoms with van der Waals surface area (Å²) in [5.41, 5.74) is 0.